The van der Waals surface area contributed by atoms with Gasteiger partial charge in [-0.05, 0) is 41.5 Å². The summed E-state index contributed by atoms with van der Waals surface area (Å²) >= 11 is 2.06. The molecular weight excluding hydrogens is 454 g/mol. The van der Waals surface area contributed by atoms with Crippen LogP contribution in [-0.4, -0.2) is 51.6 Å². The molecule has 26 heavy (non-hydrogen) atoms. The number of halogens is 2. The number of hydrogen-bond acceptors (Lipinski definition) is 3. The molecule has 2 aliphatic rings. The first-order chi connectivity index (χ1) is 12.4. The van der Waals surface area contributed by atoms with E-state index in [9.17, 15) is 19.1 Å². The minimum Gasteiger partial charge on any atom is -0.465 e. The third kappa shape index (κ3) is 2.56. The van der Waals surface area contributed by atoms with Crippen molar-refractivity contribution in [3.63, 3.8) is 0 Å². The van der Waals surface area contributed by atoms with Crippen LogP contribution in [0.4, 0.5) is 9.18 Å². The number of carboxylic acid groups (broad SMARTS) is 1. The molecule has 2 aliphatic heterocycles. The van der Waals surface area contributed by atoms with E-state index in [1.165, 1.54) is 11.1 Å². The van der Waals surface area contributed by atoms with Crippen LogP contribution in [0.3, 0.4) is 0 Å². The topological polar surface area (TPSA) is 98.3 Å². The van der Waals surface area contributed by atoms with E-state index in [2.05, 4.69) is 37.9 Å². The average Bonchev–Trinajstić information content (AvgIpc) is 2.98. The minimum absolute atomic E-state index is 0.187. The second-order valence-corrected chi connectivity index (χ2v) is 7.73. The Hall–Kier alpha value is -2.17. The summed E-state index contributed by atoms with van der Waals surface area (Å²) in [7, 11) is 0. The monoisotopic (exact) mass is 470 g/mol. The zero-order valence-corrected chi connectivity index (χ0v) is 15.8. The lowest BCUT2D eigenvalue weighted by atomic mass is 9.72. The van der Waals surface area contributed by atoms with E-state index in [4.69, 9.17) is 0 Å². The number of carbonyl (C=O) groups excluding carboxylic acids is 1. The molecule has 2 aromatic heterocycles. The molecular formula is C17H16FIN4O3. The molecule has 1 saturated heterocycles. The number of aromatic amines is 1. The van der Waals surface area contributed by atoms with Crippen LogP contribution in [0.1, 0.15) is 28.9 Å². The molecule has 0 radical (unpaired) electrons. The summed E-state index contributed by atoms with van der Waals surface area (Å²) in [4.78, 5) is 32.1. The van der Waals surface area contributed by atoms with E-state index in [1.54, 1.807) is 6.07 Å². The van der Waals surface area contributed by atoms with Crippen LogP contribution in [0.5, 0.6) is 0 Å². The lowest BCUT2D eigenvalue weighted by molar-refractivity contribution is 0.0863. The van der Waals surface area contributed by atoms with Gasteiger partial charge in [-0.1, -0.05) is 0 Å². The van der Waals surface area contributed by atoms with Gasteiger partial charge in [-0.25, -0.2) is 9.18 Å². The number of rotatable bonds is 1. The van der Waals surface area contributed by atoms with Crippen LogP contribution in [0, 0.1) is 9.39 Å². The summed E-state index contributed by atoms with van der Waals surface area (Å²) in [6.45, 7) is 1.25. The highest BCUT2D eigenvalue weighted by Crippen LogP contribution is 2.43. The average molecular weight is 470 g/mol. The molecule has 4 heterocycles. The fourth-order valence-corrected chi connectivity index (χ4v) is 4.77. The van der Waals surface area contributed by atoms with Gasteiger partial charge in [-0.15, -0.1) is 0 Å². The molecule has 2 aromatic rings. The largest absolute Gasteiger partial charge is 0.465 e. The van der Waals surface area contributed by atoms with Gasteiger partial charge < -0.3 is 20.3 Å². The smallest absolute Gasteiger partial charge is 0.407 e. The Morgan fingerprint density at radius 1 is 1.38 bits per heavy atom. The maximum absolute atomic E-state index is 14.2. The molecule has 0 aliphatic carbocycles. The molecule has 1 fully saturated rings. The fraction of sp³-hybridized carbons (Fsp3) is 0.353. The maximum atomic E-state index is 14.2. The van der Waals surface area contributed by atoms with Crippen LogP contribution in [-0.2, 0) is 5.41 Å². The second kappa shape index (κ2) is 6.22. The van der Waals surface area contributed by atoms with Crippen LogP contribution >= 0.6 is 22.6 Å². The number of nitrogens with zero attached hydrogens (tertiary/aromatic N) is 2. The Bertz CT molecular complexity index is 905. The van der Waals surface area contributed by atoms with Gasteiger partial charge in [0.2, 0.25) is 0 Å². The zero-order chi connectivity index (χ0) is 18.5. The van der Waals surface area contributed by atoms with Crippen molar-refractivity contribution >= 4 is 34.6 Å². The number of likely N-dealkylation sites (tertiary alicyclic amines) is 1. The molecule has 0 atom stereocenters. The quantitative estimate of drug-likeness (QED) is 0.559. The Balaban J connectivity index is 1.80. The van der Waals surface area contributed by atoms with E-state index < -0.39 is 11.9 Å². The normalized spacial score (nSPS) is 18.5. The molecule has 7 nitrogen and oxygen atoms in total. The number of aromatic nitrogens is 2. The predicted molar refractivity (Wildman–Crippen MR) is 99.5 cm³/mol. The summed E-state index contributed by atoms with van der Waals surface area (Å²) < 4.78 is 14.9. The number of hydrogen-bond donors (Lipinski definition) is 3. The van der Waals surface area contributed by atoms with Crippen LogP contribution < -0.4 is 5.32 Å². The summed E-state index contributed by atoms with van der Waals surface area (Å²) in [5, 5.41) is 12.1. The molecule has 0 aromatic carbocycles. The molecule has 0 saturated carbocycles. The fourth-order valence-electron chi connectivity index (χ4n) is 3.83. The van der Waals surface area contributed by atoms with Gasteiger partial charge in [0, 0.05) is 42.5 Å². The first-order valence-electron chi connectivity index (χ1n) is 8.21. The predicted octanol–water partition coefficient (Wildman–Crippen LogP) is 2.58. The SMILES string of the molecule is O=C1NCC2(CCN(C(=O)O)CC2)c2[nH]c(-c3ccncc3F)c(I)c21. The van der Waals surface area contributed by atoms with Crippen LogP contribution in [0.15, 0.2) is 18.5 Å². The van der Waals surface area contributed by atoms with Crippen molar-refractivity contribution in [1.29, 1.82) is 0 Å². The van der Waals surface area contributed by atoms with Gasteiger partial charge in [0.05, 0.1) is 21.0 Å². The number of carbonyl (C=O) groups is 2. The van der Waals surface area contributed by atoms with Crippen molar-refractivity contribution < 1.29 is 19.1 Å². The first-order valence-corrected chi connectivity index (χ1v) is 9.29. The van der Waals surface area contributed by atoms with Crippen LogP contribution in [0.2, 0.25) is 0 Å². The van der Waals surface area contributed by atoms with Gasteiger partial charge in [-0.3, -0.25) is 9.78 Å². The summed E-state index contributed by atoms with van der Waals surface area (Å²) in [5.74, 6) is -0.646. The number of piperidine rings is 1. The number of fused-ring (bicyclic) bond motifs is 2. The lowest BCUT2D eigenvalue weighted by Crippen LogP contribution is -2.53. The van der Waals surface area contributed by atoms with Crippen molar-refractivity contribution in [2.75, 3.05) is 19.6 Å². The van der Waals surface area contributed by atoms with Crippen molar-refractivity contribution in [3.05, 3.63) is 39.1 Å². The molecule has 3 N–H and O–H groups in total. The van der Waals surface area contributed by atoms with Crippen molar-refractivity contribution in [3.8, 4) is 11.3 Å². The van der Waals surface area contributed by atoms with Gasteiger partial charge in [0.25, 0.3) is 5.91 Å². The third-order valence-corrected chi connectivity index (χ3v) is 6.40. The van der Waals surface area contributed by atoms with Gasteiger partial charge in [0.1, 0.15) is 0 Å². The molecule has 0 unspecified atom stereocenters. The molecule has 4 rings (SSSR count). The number of nitrogens with one attached hydrogen (secondary N) is 2. The van der Waals surface area contributed by atoms with E-state index >= 15 is 0 Å². The van der Waals surface area contributed by atoms with E-state index in [-0.39, 0.29) is 11.3 Å². The van der Waals surface area contributed by atoms with Gasteiger partial charge in [-0.2, -0.15) is 0 Å². The molecule has 9 heteroatoms. The highest BCUT2D eigenvalue weighted by Gasteiger charge is 2.45. The Kier molecular flexibility index (Phi) is 4.13. The third-order valence-electron chi connectivity index (χ3n) is 5.32. The van der Waals surface area contributed by atoms with E-state index in [0.29, 0.717) is 52.9 Å². The number of amides is 2. The van der Waals surface area contributed by atoms with Crippen LogP contribution in [0.25, 0.3) is 11.3 Å². The van der Waals surface area contributed by atoms with E-state index in [1.807, 2.05) is 0 Å². The second-order valence-electron chi connectivity index (χ2n) is 6.65. The number of H-pyrrole nitrogens is 1. The van der Waals surface area contributed by atoms with Crippen molar-refractivity contribution in [2.24, 2.45) is 0 Å². The van der Waals surface area contributed by atoms with Gasteiger partial charge >= 0.3 is 6.09 Å². The Morgan fingerprint density at radius 3 is 2.77 bits per heavy atom. The van der Waals surface area contributed by atoms with Crippen molar-refractivity contribution in [2.45, 2.75) is 18.3 Å². The molecule has 1 spiro atoms. The van der Waals surface area contributed by atoms with Crippen molar-refractivity contribution in [1.82, 2.24) is 20.2 Å². The summed E-state index contributed by atoms with van der Waals surface area (Å²) in [6.07, 6.45) is 2.92. The first kappa shape index (κ1) is 17.3. The lowest BCUT2D eigenvalue weighted by Gasteiger charge is -2.43. The van der Waals surface area contributed by atoms with E-state index in [0.717, 1.165) is 11.9 Å². The Labute approximate surface area is 162 Å². The number of pyridine rings is 1. The standard InChI is InChI=1S/C17H16FIN4O3/c18-10-7-20-4-1-9(10)13-12(19)11-14(22-13)17(8-21-15(11)24)2-5-23(6-3-17)16(25)26/h1,4,7,22H,2-3,5-6,8H2,(H,21,24)(H,25,26). The molecule has 136 valence electrons. The zero-order valence-electron chi connectivity index (χ0n) is 13.7. The van der Waals surface area contributed by atoms with Gasteiger partial charge in [0.15, 0.2) is 5.82 Å². The minimum atomic E-state index is -0.930. The Morgan fingerprint density at radius 2 is 2.12 bits per heavy atom. The summed E-state index contributed by atoms with van der Waals surface area (Å²) in [5.41, 5.74) is 1.88. The highest BCUT2D eigenvalue weighted by atomic mass is 127. The molecule has 0 bridgehead atoms. The maximum Gasteiger partial charge on any atom is 0.407 e. The summed E-state index contributed by atoms with van der Waals surface area (Å²) in [6, 6.07) is 1.58. The molecule has 2 amide bonds. The highest BCUT2D eigenvalue weighted by molar-refractivity contribution is 14.1.